The van der Waals surface area contributed by atoms with Gasteiger partial charge in [-0.1, -0.05) is 23.7 Å². The summed E-state index contributed by atoms with van der Waals surface area (Å²) in [5, 5.41) is 6.20. The van der Waals surface area contributed by atoms with Gasteiger partial charge in [0, 0.05) is 41.4 Å². The monoisotopic (exact) mass is 360 g/mol. The molecule has 1 aromatic carbocycles. The minimum absolute atomic E-state index is 0.130. The van der Waals surface area contributed by atoms with Gasteiger partial charge in [-0.3, -0.25) is 4.79 Å². The first-order chi connectivity index (χ1) is 11.7. The number of aromatic nitrogens is 3. The highest BCUT2D eigenvalue weighted by molar-refractivity contribution is 7.13. The van der Waals surface area contributed by atoms with Crippen LogP contribution in [0.3, 0.4) is 0 Å². The molecule has 3 aromatic rings. The second-order valence-corrected chi connectivity index (χ2v) is 6.60. The quantitative estimate of drug-likeness (QED) is 0.650. The number of rotatable bonds is 7. The molecule has 2 aromatic heterocycles. The molecule has 2 heterocycles. The maximum atomic E-state index is 12.1. The lowest BCUT2D eigenvalue weighted by molar-refractivity contribution is 0.0948. The van der Waals surface area contributed by atoms with Crippen LogP contribution in [0, 0.1) is 0 Å². The van der Waals surface area contributed by atoms with E-state index >= 15 is 0 Å². The van der Waals surface area contributed by atoms with Crippen LogP contribution in [-0.2, 0) is 6.54 Å². The number of carbonyl (C=O) groups excluding carboxylic acids is 1. The highest BCUT2D eigenvalue weighted by Crippen LogP contribution is 2.25. The summed E-state index contributed by atoms with van der Waals surface area (Å²) in [7, 11) is 0. The lowest BCUT2D eigenvalue weighted by Gasteiger charge is -2.04. The van der Waals surface area contributed by atoms with Gasteiger partial charge in [-0.15, -0.1) is 11.3 Å². The van der Waals surface area contributed by atoms with Crippen LogP contribution in [0.1, 0.15) is 23.3 Å². The van der Waals surface area contributed by atoms with Crippen molar-refractivity contribution in [3.63, 3.8) is 0 Å². The van der Waals surface area contributed by atoms with Crippen LogP contribution in [0.4, 0.5) is 0 Å². The normalized spacial score (nSPS) is 10.7. The minimum atomic E-state index is -0.130. The van der Waals surface area contributed by atoms with Crippen molar-refractivity contribution in [1.29, 1.82) is 0 Å². The third-order valence-electron chi connectivity index (χ3n) is 3.52. The Bertz CT molecular complexity index is 783. The van der Waals surface area contributed by atoms with Crippen molar-refractivity contribution in [2.75, 3.05) is 6.54 Å². The van der Waals surface area contributed by atoms with E-state index in [9.17, 15) is 4.79 Å². The molecule has 1 N–H and O–H groups in total. The summed E-state index contributed by atoms with van der Waals surface area (Å²) in [6.07, 6.45) is 7.41. The summed E-state index contributed by atoms with van der Waals surface area (Å²) < 4.78 is 2.03. The van der Waals surface area contributed by atoms with Crippen molar-refractivity contribution < 1.29 is 4.79 Å². The number of halogens is 1. The fourth-order valence-corrected chi connectivity index (χ4v) is 3.17. The second kappa shape index (κ2) is 8.08. The predicted molar refractivity (Wildman–Crippen MR) is 96.4 cm³/mol. The van der Waals surface area contributed by atoms with Gasteiger partial charge < -0.3 is 9.88 Å². The topological polar surface area (TPSA) is 59.8 Å². The van der Waals surface area contributed by atoms with E-state index in [0.717, 1.165) is 30.0 Å². The number of carbonyl (C=O) groups is 1. The summed E-state index contributed by atoms with van der Waals surface area (Å²) >= 11 is 7.34. The molecule has 0 atom stereocenters. The van der Waals surface area contributed by atoms with E-state index in [-0.39, 0.29) is 5.91 Å². The van der Waals surface area contributed by atoms with Crippen LogP contribution < -0.4 is 5.32 Å². The second-order valence-electron chi connectivity index (χ2n) is 5.31. The maximum absolute atomic E-state index is 12.1. The molecule has 0 bridgehead atoms. The summed E-state index contributed by atoms with van der Waals surface area (Å²) in [5.41, 5.74) is 1.42. The number of thiazole rings is 1. The Kier molecular flexibility index (Phi) is 5.61. The average Bonchev–Trinajstić information content (AvgIpc) is 3.27. The molecular weight excluding hydrogens is 344 g/mol. The Morgan fingerprint density at radius 3 is 2.83 bits per heavy atom. The zero-order valence-corrected chi connectivity index (χ0v) is 14.6. The van der Waals surface area contributed by atoms with Gasteiger partial charge in [-0.2, -0.15) is 0 Å². The highest BCUT2D eigenvalue weighted by atomic mass is 35.5. The number of hydrogen-bond donors (Lipinski definition) is 1. The van der Waals surface area contributed by atoms with Crippen molar-refractivity contribution in [2.24, 2.45) is 0 Å². The lowest BCUT2D eigenvalue weighted by Crippen LogP contribution is -2.24. The third kappa shape index (κ3) is 4.43. The van der Waals surface area contributed by atoms with E-state index in [1.54, 1.807) is 17.9 Å². The molecule has 24 heavy (non-hydrogen) atoms. The van der Waals surface area contributed by atoms with E-state index in [0.29, 0.717) is 17.3 Å². The first-order valence-electron chi connectivity index (χ1n) is 7.68. The zero-order chi connectivity index (χ0) is 16.8. The largest absolute Gasteiger partial charge is 0.351 e. The third-order valence-corrected chi connectivity index (χ3v) is 4.66. The first-order valence-corrected chi connectivity index (χ1v) is 8.93. The van der Waals surface area contributed by atoms with Crippen molar-refractivity contribution in [1.82, 2.24) is 19.9 Å². The predicted octanol–water partition coefficient (Wildman–Crippen LogP) is 3.87. The number of imidazole rings is 1. The van der Waals surface area contributed by atoms with Crippen LogP contribution >= 0.6 is 22.9 Å². The van der Waals surface area contributed by atoms with Crippen LogP contribution in [0.25, 0.3) is 10.6 Å². The Morgan fingerprint density at radius 1 is 1.25 bits per heavy atom. The van der Waals surface area contributed by atoms with Gasteiger partial charge in [0.1, 0.15) is 10.7 Å². The standard InChI is InChI=1S/C17H17ClN4OS/c18-14-5-3-13(4-6-14)17-21-15(11-24-17)16(23)20-7-1-2-9-22-10-8-19-12-22/h3-6,8,10-12H,1-2,7,9H2,(H,20,23). The molecule has 1 amide bonds. The minimum Gasteiger partial charge on any atom is -0.351 e. The van der Waals surface area contributed by atoms with Crippen molar-refractivity contribution >= 4 is 28.8 Å². The van der Waals surface area contributed by atoms with Gasteiger partial charge in [0.05, 0.1) is 6.33 Å². The molecule has 0 saturated carbocycles. The van der Waals surface area contributed by atoms with Crippen molar-refractivity contribution in [3.05, 3.63) is 59.1 Å². The van der Waals surface area contributed by atoms with Crippen molar-refractivity contribution in [3.8, 4) is 10.6 Å². The van der Waals surface area contributed by atoms with Gasteiger partial charge in [-0.25, -0.2) is 9.97 Å². The van der Waals surface area contributed by atoms with Crippen LogP contribution in [-0.4, -0.2) is 27.0 Å². The molecule has 0 fully saturated rings. The number of nitrogens with zero attached hydrogens (tertiary/aromatic N) is 3. The van der Waals surface area contributed by atoms with Crippen LogP contribution in [0.5, 0.6) is 0 Å². The molecule has 0 spiro atoms. The fourth-order valence-electron chi connectivity index (χ4n) is 2.23. The van der Waals surface area contributed by atoms with E-state index in [1.165, 1.54) is 11.3 Å². The summed E-state index contributed by atoms with van der Waals surface area (Å²) in [5.74, 6) is -0.130. The molecular formula is C17H17ClN4OS. The molecule has 7 heteroatoms. The molecule has 0 aliphatic heterocycles. The number of benzene rings is 1. The fraction of sp³-hybridized carbons (Fsp3) is 0.235. The molecule has 3 rings (SSSR count). The van der Waals surface area contributed by atoms with E-state index in [2.05, 4.69) is 15.3 Å². The highest BCUT2D eigenvalue weighted by Gasteiger charge is 2.11. The Labute approximate surface area is 149 Å². The lowest BCUT2D eigenvalue weighted by atomic mass is 10.2. The van der Waals surface area contributed by atoms with E-state index in [4.69, 9.17) is 11.6 Å². The molecule has 0 saturated heterocycles. The molecule has 0 radical (unpaired) electrons. The van der Waals surface area contributed by atoms with E-state index in [1.807, 2.05) is 35.0 Å². The van der Waals surface area contributed by atoms with Gasteiger partial charge in [0.25, 0.3) is 5.91 Å². The number of hydrogen-bond acceptors (Lipinski definition) is 4. The van der Waals surface area contributed by atoms with Crippen LogP contribution in [0.2, 0.25) is 5.02 Å². The summed E-state index contributed by atoms with van der Waals surface area (Å²) in [6, 6.07) is 7.44. The SMILES string of the molecule is O=C(NCCCCn1ccnc1)c1csc(-c2ccc(Cl)cc2)n1. The summed E-state index contributed by atoms with van der Waals surface area (Å²) in [4.78, 5) is 20.5. The molecule has 124 valence electrons. The number of nitrogens with one attached hydrogen (secondary N) is 1. The van der Waals surface area contributed by atoms with Crippen molar-refractivity contribution in [2.45, 2.75) is 19.4 Å². The Hall–Kier alpha value is -2.18. The van der Waals surface area contributed by atoms with E-state index < -0.39 is 0 Å². The van der Waals surface area contributed by atoms with Gasteiger partial charge >= 0.3 is 0 Å². The molecule has 0 aliphatic rings. The van der Waals surface area contributed by atoms with Crippen LogP contribution in [0.15, 0.2) is 48.4 Å². The number of amides is 1. The maximum Gasteiger partial charge on any atom is 0.270 e. The number of unbranched alkanes of at least 4 members (excludes halogenated alkanes) is 1. The van der Waals surface area contributed by atoms with Gasteiger partial charge in [0.15, 0.2) is 0 Å². The molecule has 5 nitrogen and oxygen atoms in total. The zero-order valence-electron chi connectivity index (χ0n) is 13.0. The first kappa shape index (κ1) is 16.7. The van der Waals surface area contributed by atoms with Gasteiger partial charge in [-0.05, 0) is 25.0 Å². The molecule has 0 aliphatic carbocycles. The smallest absolute Gasteiger partial charge is 0.270 e. The Morgan fingerprint density at radius 2 is 2.08 bits per heavy atom. The van der Waals surface area contributed by atoms with Gasteiger partial charge in [0.2, 0.25) is 0 Å². The summed E-state index contributed by atoms with van der Waals surface area (Å²) in [6.45, 7) is 1.55. The Balaban J connectivity index is 1.46. The number of aryl methyl sites for hydroxylation is 1. The average molecular weight is 361 g/mol. The molecule has 0 unspecified atom stereocenters.